The van der Waals surface area contributed by atoms with E-state index in [2.05, 4.69) is 15.6 Å². The third-order valence-corrected chi connectivity index (χ3v) is 3.36. The minimum atomic E-state index is -0.0443. The molecule has 2 rings (SSSR count). The van der Waals surface area contributed by atoms with E-state index in [9.17, 15) is 4.79 Å². The summed E-state index contributed by atoms with van der Waals surface area (Å²) < 4.78 is 1.95. The standard InChI is InChI=1S/C15H19ClN4O/c1-11(18-10-14-17-6-7-20(14)2)8-15(21)19-13-5-3-4-12(16)9-13/h3-7,9,11,18H,8,10H2,1-2H3,(H,19,21). The van der Waals surface area contributed by atoms with Gasteiger partial charge in [-0.05, 0) is 25.1 Å². The number of rotatable bonds is 6. The van der Waals surface area contributed by atoms with E-state index in [1.165, 1.54) is 0 Å². The Labute approximate surface area is 129 Å². The van der Waals surface area contributed by atoms with Gasteiger partial charge in [0, 0.05) is 42.6 Å². The first-order valence-electron chi connectivity index (χ1n) is 6.79. The number of halogens is 1. The molecular formula is C15H19ClN4O. The molecule has 1 amide bonds. The molecule has 0 aliphatic carbocycles. The van der Waals surface area contributed by atoms with Crippen molar-refractivity contribution < 1.29 is 4.79 Å². The highest BCUT2D eigenvalue weighted by Crippen LogP contribution is 2.15. The molecule has 112 valence electrons. The fourth-order valence-corrected chi connectivity index (χ4v) is 2.15. The number of aromatic nitrogens is 2. The molecule has 2 N–H and O–H groups in total. The van der Waals surface area contributed by atoms with Gasteiger partial charge in [-0.1, -0.05) is 17.7 Å². The number of hydrogen-bond donors (Lipinski definition) is 2. The number of benzene rings is 1. The van der Waals surface area contributed by atoms with Gasteiger partial charge < -0.3 is 15.2 Å². The predicted octanol–water partition coefficient (Wildman–Crippen LogP) is 2.58. The molecule has 6 heteroatoms. The average molecular weight is 307 g/mol. The van der Waals surface area contributed by atoms with Gasteiger partial charge in [-0.3, -0.25) is 4.79 Å². The van der Waals surface area contributed by atoms with E-state index in [-0.39, 0.29) is 11.9 Å². The largest absolute Gasteiger partial charge is 0.337 e. The summed E-state index contributed by atoms with van der Waals surface area (Å²) in [4.78, 5) is 16.2. The van der Waals surface area contributed by atoms with Crippen molar-refractivity contribution in [2.75, 3.05) is 5.32 Å². The van der Waals surface area contributed by atoms with Crippen molar-refractivity contribution in [2.45, 2.75) is 25.9 Å². The first kappa shape index (κ1) is 15.5. The lowest BCUT2D eigenvalue weighted by molar-refractivity contribution is -0.116. The molecule has 1 unspecified atom stereocenters. The molecule has 0 saturated carbocycles. The first-order chi connectivity index (χ1) is 10.0. The zero-order chi connectivity index (χ0) is 15.2. The van der Waals surface area contributed by atoms with E-state index in [4.69, 9.17) is 11.6 Å². The van der Waals surface area contributed by atoms with Crippen LogP contribution >= 0.6 is 11.6 Å². The number of imidazole rings is 1. The minimum Gasteiger partial charge on any atom is -0.337 e. The number of amides is 1. The fourth-order valence-electron chi connectivity index (χ4n) is 1.96. The van der Waals surface area contributed by atoms with Gasteiger partial charge in [0.1, 0.15) is 5.82 Å². The second-order valence-corrected chi connectivity index (χ2v) is 5.44. The molecule has 21 heavy (non-hydrogen) atoms. The summed E-state index contributed by atoms with van der Waals surface area (Å²) in [6.45, 7) is 2.61. The van der Waals surface area contributed by atoms with Gasteiger partial charge in [-0.2, -0.15) is 0 Å². The van der Waals surface area contributed by atoms with Crippen LogP contribution in [0.1, 0.15) is 19.2 Å². The summed E-state index contributed by atoms with van der Waals surface area (Å²) in [6, 6.07) is 7.18. The van der Waals surface area contributed by atoms with Crippen molar-refractivity contribution in [1.82, 2.24) is 14.9 Å². The highest BCUT2D eigenvalue weighted by Gasteiger charge is 2.10. The van der Waals surface area contributed by atoms with Crippen LogP contribution in [0.3, 0.4) is 0 Å². The minimum absolute atomic E-state index is 0.0443. The van der Waals surface area contributed by atoms with Crippen LogP contribution in [0.15, 0.2) is 36.7 Å². The summed E-state index contributed by atoms with van der Waals surface area (Å²) in [5.41, 5.74) is 0.712. The van der Waals surface area contributed by atoms with Crippen molar-refractivity contribution in [3.8, 4) is 0 Å². The van der Waals surface area contributed by atoms with E-state index >= 15 is 0 Å². The lowest BCUT2D eigenvalue weighted by atomic mass is 10.2. The number of anilines is 1. The number of carbonyl (C=O) groups is 1. The summed E-state index contributed by atoms with van der Waals surface area (Å²) >= 11 is 5.88. The van der Waals surface area contributed by atoms with E-state index in [1.807, 2.05) is 30.8 Å². The van der Waals surface area contributed by atoms with Crippen LogP contribution < -0.4 is 10.6 Å². The summed E-state index contributed by atoms with van der Waals surface area (Å²) in [6.07, 6.45) is 4.04. The summed E-state index contributed by atoms with van der Waals surface area (Å²) in [5, 5.41) is 6.72. The molecule has 0 saturated heterocycles. The van der Waals surface area contributed by atoms with E-state index in [0.29, 0.717) is 23.7 Å². The Morgan fingerprint density at radius 3 is 2.95 bits per heavy atom. The molecule has 0 spiro atoms. The summed E-state index contributed by atoms with van der Waals surface area (Å²) in [5.74, 6) is 0.897. The maximum Gasteiger partial charge on any atom is 0.225 e. The number of aryl methyl sites for hydroxylation is 1. The SMILES string of the molecule is CC(CC(=O)Nc1cccc(Cl)c1)NCc1nccn1C. The Hall–Kier alpha value is -1.85. The van der Waals surface area contributed by atoms with E-state index in [1.54, 1.807) is 24.4 Å². The predicted molar refractivity (Wildman–Crippen MR) is 84.2 cm³/mol. The van der Waals surface area contributed by atoms with Crippen LogP contribution in [-0.2, 0) is 18.4 Å². The van der Waals surface area contributed by atoms with E-state index in [0.717, 1.165) is 5.82 Å². The number of nitrogens with zero attached hydrogens (tertiary/aromatic N) is 2. The molecule has 0 bridgehead atoms. The molecule has 0 aliphatic rings. The van der Waals surface area contributed by atoms with Crippen LogP contribution in [0.25, 0.3) is 0 Å². The fraction of sp³-hybridized carbons (Fsp3) is 0.333. The molecule has 5 nitrogen and oxygen atoms in total. The second kappa shape index (κ2) is 7.24. The Morgan fingerprint density at radius 2 is 2.29 bits per heavy atom. The Bertz CT molecular complexity index is 611. The van der Waals surface area contributed by atoms with Crippen LogP contribution in [-0.4, -0.2) is 21.5 Å². The van der Waals surface area contributed by atoms with Gasteiger partial charge in [0.15, 0.2) is 0 Å². The molecule has 1 aromatic heterocycles. The average Bonchev–Trinajstić information content (AvgIpc) is 2.81. The third kappa shape index (κ3) is 4.88. The zero-order valence-corrected chi connectivity index (χ0v) is 12.9. The molecule has 2 aromatic rings. The van der Waals surface area contributed by atoms with Gasteiger partial charge in [-0.15, -0.1) is 0 Å². The maximum atomic E-state index is 11.9. The van der Waals surface area contributed by atoms with Crippen LogP contribution in [0, 0.1) is 0 Å². The van der Waals surface area contributed by atoms with Gasteiger partial charge in [0.05, 0.1) is 6.54 Å². The second-order valence-electron chi connectivity index (χ2n) is 5.00. The first-order valence-corrected chi connectivity index (χ1v) is 7.17. The molecule has 1 atom stereocenters. The molecule has 1 heterocycles. The van der Waals surface area contributed by atoms with Crippen molar-refractivity contribution in [3.05, 3.63) is 47.5 Å². The summed E-state index contributed by atoms with van der Waals surface area (Å²) in [7, 11) is 1.94. The lowest BCUT2D eigenvalue weighted by Crippen LogP contribution is -2.31. The number of nitrogens with one attached hydrogen (secondary N) is 2. The smallest absolute Gasteiger partial charge is 0.225 e. The highest BCUT2D eigenvalue weighted by atomic mass is 35.5. The normalized spacial score (nSPS) is 12.1. The number of carbonyl (C=O) groups excluding carboxylic acids is 1. The van der Waals surface area contributed by atoms with Gasteiger partial charge in [-0.25, -0.2) is 4.98 Å². The van der Waals surface area contributed by atoms with Gasteiger partial charge in [0.2, 0.25) is 5.91 Å². The van der Waals surface area contributed by atoms with E-state index < -0.39 is 0 Å². The Kier molecular flexibility index (Phi) is 5.36. The van der Waals surface area contributed by atoms with Crippen molar-refractivity contribution >= 4 is 23.2 Å². The monoisotopic (exact) mass is 306 g/mol. The molecular weight excluding hydrogens is 288 g/mol. The van der Waals surface area contributed by atoms with Gasteiger partial charge in [0.25, 0.3) is 0 Å². The van der Waals surface area contributed by atoms with Gasteiger partial charge >= 0.3 is 0 Å². The number of hydrogen-bond acceptors (Lipinski definition) is 3. The van der Waals surface area contributed by atoms with Crippen LogP contribution in [0.4, 0.5) is 5.69 Å². The Morgan fingerprint density at radius 1 is 1.48 bits per heavy atom. The molecule has 1 aromatic carbocycles. The molecule has 0 fully saturated rings. The maximum absolute atomic E-state index is 11.9. The van der Waals surface area contributed by atoms with Crippen molar-refractivity contribution in [1.29, 1.82) is 0 Å². The molecule has 0 radical (unpaired) electrons. The lowest BCUT2D eigenvalue weighted by Gasteiger charge is -2.13. The van der Waals surface area contributed by atoms with Crippen LogP contribution in [0.5, 0.6) is 0 Å². The topological polar surface area (TPSA) is 59.0 Å². The quantitative estimate of drug-likeness (QED) is 0.862. The Balaban J connectivity index is 1.78. The molecule has 0 aliphatic heterocycles. The highest BCUT2D eigenvalue weighted by molar-refractivity contribution is 6.30. The third-order valence-electron chi connectivity index (χ3n) is 3.13. The van der Waals surface area contributed by atoms with Crippen molar-refractivity contribution in [2.24, 2.45) is 7.05 Å². The zero-order valence-electron chi connectivity index (χ0n) is 12.1. The van der Waals surface area contributed by atoms with Crippen LogP contribution in [0.2, 0.25) is 5.02 Å². The van der Waals surface area contributed by atoms with Crippen molar-refractivity contribution in [3.63, 3.8) is 0 Å².